The van der Waals surface area contributed by atoms with Crippen LogP contribution in [0.1, 0.15) is 0 Å². The zero-order valence-corrected chi connectivity index (χ0v) is 24.0. The van der Waals surface area contributed by atoms with Gasteiger partial charge < -0.3 is 0 Å². The number of hydrogen-bond donors (Lipinski definition) is 0. The number of benzene rings is 6. The van der Waals surface area contributed by atoms with Gasteiger partial charge in [0.25, 0.3) is 0 Å². The van der Waals surface area contributed by atoms with Crippen molar-refractivity contribution in [1.29, 1.82) is 0 Å². The largest absolute Gasteiger partial charge is 0.278 e. The van der Waals surface area contributed by atoms with E-state index in [9.17, 15) is 0 Å². The molecule has 0 amide bonds. The first-order chi connectivity index (χ1) is 20.7. The summed E-state index contributed by atoms with van der Waals surface area (Å²) < 4.78 is 3.21. The molecule has 0 saturated heterocycles. The van der Waals surface area contributed by atoms with Crippen molar-refractivity contribution in [3.05, 3.63) is 144 Å². The van der Waals surface area contributed by atoms with Crippen molar-refractivity contribution >= 4 is 48.5 Å². The number of nitrogens with zero attached hydrogens (tertiary/aromatic N) is 4. The molecule has 4 nitrogen and oxygen atoms in total. The quantitative estimate of drug-likeness (QED) is 0.201. The van der Waals surface area contributed by atoms with Crippen LogP contribution in [0.5, 0.6) is 0 Å². The van der Waals surface area contributed by atoms with Crippen LogP contribution in [0.4, 0.5) is 0 Å². The minimum atomic E-state index is 0.595. The maximum atomic E-state index is 5.07. The van der Waals surface area contributed by atoms with Crippen molar-refractivity contribution in [2.75, 3.05) is 0 Å². The molecule has 6 aromatic carbocycles. The van der Waals surface area contributed by atoms with Gasteiger partial charge in [-0.3, -0.25) is 4.57 Å². The van der Waals surface area contributed by atoms with Crippen LogP contribution in [0.25, 0.3) is 72.4 Å². The summed E-state index contributed by atoms with van der Waals surface area (Å²) in [7, 11) is 0. The zero-order chi connectivity index (χ0) is 28.0. The van der Waals surface area contributed by atoms with Crippen LogP contribution < -0.4 is 0 Å². The topological polar surface area (TPSA) is 43.6 Å². The Bertz CT molecular complexity index is 2200. The second-order valence-corrected chi connectivity index (χ2v) is 11.1. The second kappa shape index (κ2) is 10.1. The Morgan fingerprint density at radius 2 is 0.952 bits per heavy atom. The highest BCUT2D eigenvalue weighted by Crippen LogP contribution is 2.37. The van der Waals surface area contributed by atoms with Gasteiger partial charge in [-0.1, -0.05) is 137 Å². The van der Waals surface area contributed by atoms with Gasteiger partial charge in [-0.2, -0.15) is 9.97 Å². The molecule has 198 valence electrons. The third-order valence-corrected chi connectivity index (χ3v) is 8.41. The van der Waals surface area contributed by atoms with Crippen LogP contribution in [0.3, 0.4) is 0 Å². The third kappa shape index (κ3) is 4.09. The number of fused-ring (bicyclic) bond motifs is 4. The van der Waals surface area contributed by atoms with Crippen molar-refractivity contribution in [2.24, 2.45) is 0 Å². The summed E-state index contributed by atoms with van der Waals surface area (Å²) in [5, 5.41) is 4.75. The molecule has 0 saturated carbocycles. The fourth-order valence-electron chi connectivity index (χ4n) is 5.77. The summed E-state index contributed by atoms with van der Waals surface area (Å²) in [5.74, 6) is 1.86. The maximum Gasteiger partial charge on any atom is 0.238 e. The molecule has 0 bridgehead atoms. The highest BCUT2D eigenvalue weighted by atomic mass is 79.9. The minimum absolute atomic E-state index is 0.595. The van der Waals surface area contributed by atoms with Gasteiger partial charge in [0.15, 0.2) is 11.6 Å². The maximum absolute atomic E-state index is 5.07. The van der Waals surface area contributed by atoms with E-state index in [0.29, 0.717) is 17.6 Å². The van der Waals surface area contributed by atoms with Crippen LogP contribution >= 0.6 is 15.9 Å². The van der Waals surface area contributed by atoms with E-state index in [-0.39, 0.29) is 0 Å². The molecule has 0 aliphatic rings. The molecule has 2 heterocycles. The van der Waals surface area contributed by atoms with E-state index >= 15 is 0 Å². The Morgan fingerprint density at radius 3 is 1.62 bits per heavy atom. The molecular formula is C37H23BrN4. The summed E-state index contributed by atoms with van der Waals surface area (Å²) in [4.78, 5) is 15.1. The summed E-state index contributed by atoms with van der Waals surface area (Å²) in [5.41, 5.74) is 6.29. The van der Waals surface area contributed by atoms with Crippen molar-refractivity contribution in [2.45, 2.75) is 0 Å². The van der Waals surface area contributed by atoms with E-state index in [4.69, 9.17) is 15.0 Å². The zero-order valence-electron chi connectivity index (χ0n) is 22.4. The van der Waals surface area contributed by atoms with Crippen molar-refractivity contribution in [3.8, 4) is 39.9 Å². The monoisotopic (exact) mass is 602 g/mol. The molecule has 42 heavy (non-hydrogen) atoms. The number of para-hydroxylation sites is 2. The molecule has 2 aromatic heterocycles. The lowest BCUT2D eigenvalue weighted by atomic mass is 9.97. The minimum Gasteiger partial charge on any atom is -0.278 e. The first-order valence-corrected chi connectivity index (χ1v) is 14.6. The second-order valence-electron chi connectivity index (χ2n) is 10.2. The van der Waals surface area contributed by atoms with Crippen LogP contribution in [-0.4, -0.2) is 19.5 Å². The van der Waals surface area contributed by atoms with Crippen molar-refractivity contribution in [3.63, 3.8) is 0 Å². The molecule has 0 radical (unpaired) electrons. The first kappa shape index (κ1) is 24.6. The summed E-state index contributed by atoms with van der Waals surface area (Å²) in [6.07, 6.45) is 0. The van der Waals surface area contributed by atoms with Crippen LogP contribution in [-0.2, 0) is 0 Å². The van der Waals surface area contributed by atoms with E-state index in [1.54, 1.807) is 0 Å². The Balaban J connectivity index is 1.32. The predicted molar refractivity (Wildman–Crippen MR) is 176 cm³/mol. The van der Waals surface area contributed by atoms with Gasteiger partial charge >= 0.3 is 0 Å². The Morgan fingerprint density at radius 1 is 0.429 bits per heavy atom. The van der Waals surface area contributed by atoms with Gasteiger partial charge in [0, 0.05) is 31.9 Å². The summed E-state index contributed by atoms with van der Waals surface area (Å²) >= 11 is 3.79. The van der Waals surface area contributed by atoms with E-state index in [1.807, 2.05) is 30.3 Å². The van der Waals surface area contributed by atoms with Crippen molar-refractivity contribution in [1.82, 2.24) is 19.5 Å². The third-order valence-electron chi connectivity index (χ3n) is 7.75. The Kier molecular flexibility index (Phi) is 5.90. The molecule has 0 unspecified atom stereocenters. The smallest absolute Gasteiger partial charge is 0.238 e. The first-order valence-electron chi connectivity index (χ1n) is 13.8. The van der Waals surface area contributed by atoms with Gasteiger partial charge in [0.1, 0.15) is 0 Å². The number of aromatic nitrogens is 4. The van der Waals surface area contributed by atoms with Gasteiger partial charge in [0.05, 0.1) is 11.0 Å². The average Bonchev–Trinajstić information content (AvgIpc) is 3.39. The lowest BCUT2D eigenvalue weighted by Gasteiger charge is -2.12. The lowest BCUT2D eigenvalue weighted by Crippen LogP contribution is -2.06. The molecule has 0 N–H and O–H groups in total. The molecular weight excluding hydrogens is 580 g/mol. The number of rotatable bonds is 4. The van der Waals surface area contributed by atoms with Crippen LogP contribution in [0, 0.1) is 0 Å². The van der Waals surface area contributed by atoms with E-state index in [1.165, 1.54) is 27.1 Å². The molecule has 8 aromatic rings. The summed E-state index contributed by atoms with van der Waals surface area (Å²) in [6, 6.07) is 48.1. The average molecular weight is 604 g/mol. The lowest BCUT2D eigenvalue weighted by molar-refractivity contribution is 0.953. The SMILES string of the molecule is Brc1ccc2ccccc2c1-c1ccc(-c2nc(-c3ccccc3)nc(-n3c4ccccc4c4ccccc43)n2)cc1. The molecule has 0 spiro atoms. The fraction of sp³-hybridized carbons (Fsp3) is 0. The van der Waals surface area contributed by atoms with Crippen LogP contribution in [0.2, 0.25) is 0 Å². The summed E-state index contributed by atoms with van der Waals surface area (Å²) in [6.45, 7) is 0. The molecule has 0 aliphatic heterocycles. The Labute approximate surface area is 251 Å². The van der Waals surface area contributed by atoms with Gasteiger partial charge in [0.2, 0.25) is 5.95 Å². The number of hydrogen-bond acceptors (Lipinski definition) is 3. The standard InChI is InChI=1S/C37H23BrN4/c38-31-23-22-24-10-4-5-13-28(24)34(31)25-18-20-27(21-19-25)36-39-35(26-11-2-1-3-12-26)40-37(41-36)42-32-16-8-6-14-29(32)30-15-7-9-17-33(30)42/h1-23H. The fourth-order valence-corrected chi connectivity index (χ4v) is 6.35. The molecule has 0 aliphatic carbocycles. The van der Waals surface area contributed by atoms with Crippen LogP contribution in [0.15, 0.2) is 144 Å². The van der Waals surface area contributed by atoms with E-state index in [2.05, 4.69) is 130 Å². The molecule has 0 atom stereocenters. The molecule has 5 heteroatoms. The van der Waals surface area contributed by atoms with Gasteiger partial charge in [-0.25, -0.2) is 4.98 Å². The van der Waals surface area contributed by atoms with Gasteiger partial charge in [-0.15, -0.1) is 0 Å². The molecule has 8 rings (SSSR count). The van der Waals surface area contributed by atoms with Gasteiger partial charge in [-0.05, 0) is 34.5 Å². The van der Waals surface area contributed by atoms with E-state index < -0.39 is 0 Å². The highest BCUT2D eigenvalue weighted by molar-refractivity contribution is 9.10. The van der Waals surface area contributed by atoms with Crippen molar-refractivity contribution < 1.29 is 0 Å². The Hall–Kier alpha value is -5.13. The highest BCUT2D eigenvalue weighted by Gasteiger charge is 2.17. The van der Waals surface area contributed by atoms with E-state index in [0.717, 1.165) is 32.2 Å². The normalized spacial score (nSPS) is 11.5. The molecule has 0 fully saturated rings. The predicted octanol–water partition coefficient (Wildman–Crippen LogP) is 9.89. The number of halogens is 1.